The maximum absolute atomic E-state index is 14.3. The average molecular weight is 493 g/mol. The summed E-state index contributed by atoms with van der Waals surface area (Å²) in [5, 5.41) is 11.5. The molecule has 37 heavy (non-hydrogen) atoms. The standard InChI is InChI=1S/C30H24N2O5/c1-17-14-15-20(32(36)37)16-21(17)31-26(33)24-25(27(31)34)30(3)23(19-12-8-5-9-13-19)22(29(24,2)28(30)35)18-10-6-4-7-11-18/h4-16,24-25H,1-3H3. The van der Waals surface area contributed by atoms with E-state index in [4.69, 9.17) is 0 Å². The summed E-state index contributed by atoms with van der Waals surface area (Å²) in [4.78, 5) is 54.5. The number of hydrogen-bond donors (Lipinski definition) is 0. The largest absolute Gasteiger partial charge is 0.298 e. The van der Waals surface area contributed by atoms with Gasteiger partial charge in [-0.3, -0.25) is 24.5 Å². The van der Waals surface area contributed by atoms with E-state index >= 15 is 0 Å². The number of carbonyl (C=O) groups is 3. The summed E-state index contributed by atoms with van der Waals surface area (Å²) >= 11 is 0. The van der Waals surface area contributed by atoms with Gasteiger partial charge in [-0.1, -0.05) is 66.7 Å². The van der Waals surface area contributed by atoms with Gasteiger partial charge in [0.15, 0.2) is 5.78 Å². The van der Waals surface area contributed by atoms with E-state index < -0.39 is 39.4 Å². The van der Waals surface area contributed by atoms with Gasteiger partial charge in [0.1, 0.15) is 0 Å². The van der Waals surface area contributed by atoms with Crippen molar-refractivity contribution < 1.29 is 19.3 Å². The monoisotopic (exact) mass is 492 g/mol. The summed E-state index contributed by atoms with van der Waals surface area (Å²) < 4.78 is 0. The Morgan fingerprint density at radius 3 is 1.65 bits per heavy atom. The molecule has 2 bridgehead atoms. The van der Waals surface area contributed by atoms with Gasteiger partial charge >= 0.3 is 0 Å². The van der Waals surface area contributed by atoms with E-state index in [1.165, 1.54) is 18.2 Å². The second kappa shape index (κ2) is 7.56. The minimum atomic E-state index is -1.23. The van der Waals surface area contributed by atoms with Gasteiger partial charge in [-0.15, -0.1) is 0 Å². The predicted octanol–water partition coefficient (Wildman–Crippen LogP) is 5.23. The van der Waals surface area contributed by atoms with E-state index in [-0.39, 0.29) is 17.2 Å². The zero-order valence-electron chi connectivity index (χ0n) is 20.6. The molecular weight excluding hydrogens is 468 g/mol. The lowest BCUT2D eigenvalue weighted by Gasteiger charge is -2.35. The molecule has 7 nitrogen and oxygen atoms in total. The maximum atomic E-state index is 14.3. The molecule has 4 unspecified atom stereocenters. The molecule has 3 aliphatic rings. The molecule has 2 aliphatic carbocycles. The van der Waals surface area contributed by atoms with E-state index in [0.717, 1.165) is 27.2 Å². The molecule has 6 rings (SSSR count). The number of imide groups is 1. The van der Waals surface area contributed by atoms with E-state index in [1.807, 2.05) is 60.7 Å². The van der Waals surface area contributed by atoms with Crippen LogP contribution in [0.5, 0.6) is 0 Å². The quantitative estimate of drug-likeness (QED) is 0.282. The molecule has 2 amide bonds. The third-order valence-corrected chi connectivity index (χ3v) is 8.55. The number of non-ortho nitro benzene ring substituents is 1. The number of allylic oxidation sites excluding steroid dienone is 2. The number of carbonyl (C=O) groups excluding carboxylic acids is 3. The third-order valence-electron chi connectivity index (χ3n) is 8.55. The second-order valence-corrected chi connectivity index (χ2v) is 10.4. The number of fused-ring (bicyclic) bond motifs is 5. The molecule has 7 heteroatoms. The summed E-state index contributed by atoms with van der Waals surface area (Å²) in [5.74, 6) is -2.92. The van der Waals surface area contributed by atoms with Gasteiger partial charge in [-0.25, -0.2) is 4.90 Å². The fraction of sp³-hybridized carbons (Fsp3) is 0.233. The molecular formula is C30H24N2O5. The van der Waals surface area contributed by atoms with Crippen molar-refractivity contribution in [1.29, 1.82) is 0 Å². The van der Waals surface area contributed by atoms with E-state index in [2.05, 4.69) is 0 Å². The summed E-state index contributed by atoms with van der Waals surface area (Å²) in [6.07, 6.45) is 0. The molecule has 1 heterocycles. The molecule has 184 valence electrons. The van der Waals surface area contributed by atoms with Crippen molar-refractivity contribution in [1.82, 2.24) is 0 Å². The Balaban J connectivity index is 1.61. The van der Waals surface area contributed by atoms with Crippen LogP contribution in [0, 0.1) is 39.7 Å². The number of hydrogen-bond acceptors (Lipinski definition) is 5. The smallest absolute Gasteiger partial charge is 0.271 e. The van der Waals surface area contributed by atoms with Crippen molar-refractivity contribution >= 4 is 40.1 Å². The topological polar surface area (TPSA) is 97.6 Å². The lowest BCUT2D eigenvalue weighted by Crippen LogP contribution is -2.40. The highest BCUT2D eigenvalue weighted by atomic mass is 16.6. The fourth-order valence-electron chi connectivity index (χ4n) is 7.00. The van der Waals surface area contributed by atoms with Gasteiger partial charge in [0.2, 0.25) is 11.8 Å². The molecule has 3 aromatic rings. The van der Waals surface area contributed by atoms with E-state index in [0.29, 0.717) is 5.56 Å². The van der Waals surface area contributed by atoms with E-state index in [9.17, 15) is 24.5 Å². The summed E-state index contributed by atoms with van der Waals surface area (Å²) in [6, 6.07) is 23.2. The molecule has 0 radical (unpaired) electrons. The minimum Gasteiger partial charge on any atom is -0.298 e. The van der Waals surface area contributed by atoms with Gasteiger partial charge in [-0.2, -0.15) is 0 Å². The number of nitrogens with zero attached hydrogens (tertiary/aromatic N) is 2. The van der Waals surface area contributed by atoms with Gasteiger partial charge in [-0.05, 0) is 48.6 Å². The van der Waals surface area contributed by atoms with Crippen LogP contribution in [0.4, 0.5) is 11.4 Å². The Hall–Kier alpha value is -4.39. The third kappa shape index (κ3) is 2.74. The number of aryl methyl sites for hydroxylation is 1. The molecule has 0 spiro atoms. The molecule has 2 fully saturated rings. The van der Waals surface area contributed by atoms with Crippen LogP contribution in [-0.2, 0) is 14.4 Å². The zero-order chi connectivity index (χ0) is 26.3. The van der Waals surface area contributed by atoms with Crippen LogP contribution in [0.15, 0.2) is 78.9 Å². The van der Waals surface area contributed by atoms with Gasteiger partial charge in [0.05, 0.1) is 33.3 Å². The van der Waals surface area contributed by atoms with Crippen molar-refractivity contribution in [3.63, 3.8) is 0 Å². The number of Topliss-reactive ketones (excluding diaryl/α,β-unsaturated/α-hetero) is 1. The first kappa shape index (κ1) is 23.0. The number of nitro benzene ring substituents is 1. The summed E-state index contributed by atoms with van der Waals surface area (Å²) in [7, 11) is 0. The van der Waals surface area contributed by atoms with Crippen LogP contribution in [-0.4, -0.2) is 22.5 Å². The number of amides is 2. The highest BCUT2D eigenvalue weighted by Crippen LogP contribution is 2.73. The molecule has 3 aromatic carbocycles. The average Bonchev–Trinajstić information content (AvgIpc) is 3.34. The molecule has 1 saturated heterocycles. The predicted molar refractivity (Wildman–Crippen MR) is 138 cm³/mol. The lowest BCUT2D eigenvalue weighted by atomic mass is 9.63. The molecule has 1 aliphatic heterocycles. The van der Waals surface area contributed by atoms with Crippen LogP contribution < -0.4 is 4.90 Å². The van der Waals surface area contributed by atoms with Crippen molar-refractivity contribution in [2.24, 2.45) is 22.7 Å². The Labute approximate surface area is 213 Å². The van der Waals surface area contributed by atoms with Crippen LogP contribution in [0.1, 0.15) is 30.5 Å². The van der Waals surface area contributed by atoms with Crippen LogP contribution in [0.2, 0.25) is 0 Å². The number of anilines is 1. The Morgan fingerprint density at radius 2 is 1.22 bits per heavy atom. The number of ketones is 1. The lowest BCUT2D eigenvalue weighted by molar-refractivity contribution is -0.384. The first-order chi connectivity index (χ1) is 17.6. The van der Waals surface area contributed by atoms with Crippen LogP contribution in [0.25, 0.3) is 11.1 Å². The summed E-state index contributed by atoms with van der Waals surface area (Å²) in [6.45, 7) is 5.27. The molecule has 0 N–H and O–H groups in total. The molecule has 4 atom stereocenters. The first-order valence-corrected chi connectivity index (χ1v) is 12.2. The first-order valence-electron chi connectivity index (χ1n) is 12.2. The zero-order valence-corrected chi connectivity index (χ0v) is 20.6. The molecule has 0 aromatic heterocycles. The number of nitro groups is 1. The van der Waals surface area contributed by atoms with Gasteiger partial charge in [0.25, 0.3) is 5.69 Å². The van der Waals surface area contributed by atoms with Crippen molar-refractivity contribution in [2.45, 2.75) is 20.8 Å². The Morgan fingerprint density at radius 1 is 0.757 bits per heavy atom. The van der Waals surface area contributed by atoms with E-state index in [1.54, 1.807) is 20.8 Å². The second-order valence-electron chi connectivity index (χ2n) is 10.4. The number of rotatable bonds is 4. The van der Waals surface area contributed by atoms with Gasteiger partial charge in [0, 0.05) is 12.1 Å². The van der Waals surface area contributed by atoms with Gasteiger partial charge < -0.3 is 0 Å². The number of benzene rings is 3. The maximum Gasteiger partial charge on any atom is 0.271 e. The normalized spacial score (nSPS) is 28.3. The van der Waals surface area contributed by atoms with Crippen molar-refractivity contribution in [3.8, 4) is 0 Å². The highest BCUT2D eigenvalue weighted by molar-refractivity contribution is 6.34. The Kier molecular flexibility index (Phi) is 4.70. The summed E-state index contributed by atoms with van der Waals surface area (Å²) in [5.41, 5.74) is 1.31. The van der Waals surface area contributed by atoms with Crippen molar-refractivity contribution in [3.05, 3.63) is 106 Å². The highest BCUT2D eigenvalue weighted by Gasteiger charge is 2.79. The Bertz CT molecular complexity index is 1480. The minimum absolute atomic E-state index is 0.134. The van der Waals surface area contributed by atoms with Crippen LogP contribution >= 0.6 is 0 Å². The SMILES string of the molecule is Cc1ccc([N+](=O)[O-])cc1N1C(=O)C2C(C1=O)C1(C)C(=O)C2(C)C(c2ccccc2)=C1c1ccccc1. The van der Waals surface area contributed by atoms with Crippen LogP contribution in [0.3, 0.4) is 0 Å². The molecule has 1 saturated carbocycles. The van der Waals surface area contributed by atoms with Crippen molar-refractivity contribution in [2.75, 3.05) is 4.90 Å². The fourth-order valence-corrected chi connectivity index (χ4v) is 7.00.